The fourth-order valence-electron chi connectivity index (χ4n) is 1.67. The van der Waals surface area contributed by atoms with E-state index in [4.69, 9.17) is 4.74 Å². The molecule has 0 aliphatic rings. The first-order valence-electron chi connectivity index (χ1n) is 7.69. The van der Waals surface area contributed by atoms with Gasteiger partial charge in [-0.25, -0.2) is 0 Å². The minimum atomic E-state index is 0.233. The molecule has 120 valence electrons. The van der Waals surface area contributed by atoms with Gasteiger partial charge in [-0.2, -0.15) is 0 Å². The summed E-state index contributed by atoms with van der Waals surface area (Å²) >= 11 is 4.06. The van der Waals surface area contributed by atoms with Crippen molar-refractivity contribution in [2.45, 2.75) is 40.3 Å². The van der Waals surface area contributed by atoms with Crippen molar-refractivity contribution in [1.29, 1.82) is 0 Å². The number of benzene rings is 2. The Kier molecular flexibility index (Phi) is 8.71. The van der Waals surface area contributed by atoms with Crippen LogP contribution in [0.3, 0.4) is 0 Å². The van der Waals surface area contributed by atoms with E-state index in [1.165, 1.54) is 11.1 Å². The fourth-order valence-corrected chi connectivity index (χ4v) is 1.82. The smallest absolute Gasteiger partial charge is 0.119 e. The van der Waals surface area contributed by atoms with Crippen LogP contribution < -0.4 is 9.46 Å². The summed E-state index contributed by atoms with van der Waals surface area (Å²) in [4.78, 5) is 0. The van der Waals surface area contributed by atoms with Crippen LogP contribution in [0.1, 0.15) is 44.9 Å². The molecule has 0 radical (unpaired) electrons. The molecule has 3 heteroatoms. The van der Waals surface area contributed by atoms with E-state index in [1.54, 1.807) is 0 Å². The Balaban J connectivity index is 0.000000541. The lowest BCUT2D eigenvalue weighted by Gasteiger charge is -2.11. The second-order valence-corrected chi connectivity index (χ2v) is 6.18. The van der Waals surface area contributed by atoms with Gasteiger partial charge in [0.1, 0.15) is 12.4 Å². The van der Waals surface area contributed by atoms with Crippen LogP contribution in [0, 0.1) is 5.92 Å². The molecular formula is C19H27NOS. The third-order valence-corrected chi connectivity index (χ3v) is 3.21. The van der Waals surface area contributed by atoms with Crippen molar-refractivity contribution < 1.29 is 4.74 Å². The molecule has 1 N–H and O–H groups in total. The highest BCUT2D eigenvalue weighted by Gasteiger charge is 2.02. The van der Waals surface area contributed by atoms with E-state index in [9.17, 15) is 0 Å². The highest BCUT2D eigenvalue weighted by atomic mass is 32.1. The summed E-state index contributed by atoms with van der Waals surface area (Å²) in [5, 5.41) is 0. The highest BCUT2D eigenvalue weighted by molar-refractivity contribution is 7.78. The normalized spacial score (nSPS) is 11.5. The molecule has 0 spiro atoms. The van der Waals surface area contributed by atoms with E-state index < -0.39 is 0 Å². The van der Waals surface area contributed by atoms with Crippen LogP contribution in [0.5, 0.6) is 5.75 Å². The standard InChI is InChI=1S/C15H17NOS.C4H10/c1-12(16-18)14-7-9-15(10-8-14)17-11-13-5-3-2-4-6-13;1-4(2)3/h2-10,12,16,18H,11H2,1H3;4H,1-3H3/t12-;/m0./s1. The molecule has 0 aliphatic carbocycles. The van der Waals surface area contributed by atoms with Crippen molar-refractivity contribution >= 4 is 12.8 Å². The van der Waals surface area contributed by atoms with Gasteiger partial charge in [-0.05, 0) is 36.1 Å². The molecule has 22 heavy (non-hydrogen) atoms. The van der Waals surface area contributed by atoms with E-state index in [0.29, 0.717) is 6.61 Å². The predicted octanol–water partition coefficient (Wildman–Crippen LogP) is 5.42. The van der Waals surface area contributed by atoms with Crippen molar-refractivity contribution in [1.82, 2.24) is 4.72 Å². The van der Waals surface area contributed by atoms with Crippen LogP contribution in [0.4, 0.5) is 0 Å². The molecule has 2 aromatic carbocycles. The van der Waals surface area contributed by atoms with Crippen LogP contribution in [0.2, 0.25) is 0 Å². The molecule has 0 aromatic heterocycles. The van der Waals surface area contributed by atoms with Gasteiger partial charge in [0, 0.05) is 6.04 Å². The van der Waals surface area contributed by atoms with Gasteiger partial charge >= 0.3 is 0 Å². The largest absolute Gasteiger partial charge is 0.489 e. The molecule has 0 heterocycles. The monoisotopic (exact) mass is 317 g/mol. The summed E-state index contributed by atoms with van der Waals surface area (Å²) in [6.07, 6.45) is 0. The number of rotatable bonds is 5. The molecule has 2 nitrogen and oxygen atoms in total. The van der Waals surface area contributed by atoms with Crippen molar-refractivity contribution in [3.05, 3.63) is 65.7 Å². The Hall–Kier alpha value is -1.45. The summed E-state index contributed by atoms with van der Waals surface area (Å²) in [6.45, 7) is 9.16. The first kappa shape index (κ1) is 18.6. The van der Waals surface area contributed by atoms with Crippen LogP contribution >= 0.6 is 12.8 Å². The summed E-state index contributed by atoms with van der Waals surface area (Å²) < 4.78 is 8.63. The van der Waals surface area contributed by atoms with Crippen molar-refractivity contribution in [2.24, 2.45) is 5.92 Å². The van der Waals surface area contributed by atoms with Crippen molar-refractivity contribution in [3.63, 3.8) is 0 Å². The third-order valence-electron chi connectivity index (χ3n) is 2.82. The lowest BCUT2D eigenvalue weighted by atomic mass is 10.1. The number of hydrogen-bond donors (Lipinski definition) is 2. The van der Waals surface area contributed by atoms with Gasteiger partial charge in [-0.15, -0.1) is 0 Å². The quantitative estimate of drug-likeness (QED) is 0.718. The van der Waals surface area contributed by atoms with E-state index in [0.717, 1.165) is 11.7 Å². The second kappa shape index (κ2) is 10.3. The molecule has 0 unspecified atom stereocenters. The minimum Gasteiger partial charge on any atom is -0.489 e. The first-order chi connectivity index (χ1) is 10.5. The maximum Gasteiger partial charge on any atom is 0.119 e. The van der Waals surface area contributed by atoms with Gasteiger partial charge in [0.25, 0.3) is 0 Å². The van der Waals surface area contributed by atoms with Crippen LogP contribution in [0.15, 0.2) is 54.6 Å². The zero-order chi connectivity index (χ0) is 16.4. The molecule has 0 saturated carbocycles. The molecule has 0 bridgehead atoms. The molecule has 2 rings (SSSR count). The average molecular weight is 317 g/mol. The third kappa shape index (κ3) is 7.53. The second-order valence-electron chi connectivity index (χ2n) is 5.93. The Morgan fingerprint density at radius 2 is 1.45 bits per heavy atom. The van der Waals surface area contributed by atoms with Crippen molar-refractivity contribution in [2.75, 3.05) is 0 Å². The molecule has 1 atom stereocenters. The van der Waals surface area contributed by atoms with Crippen LogP contribution in [0.25, 0.3) is 0 Å². The van der Waals surface area contributed by atoms with Crippen LogP contribution in [-0.2, 0) is 6.61 Å². The number of nitrogens with one attached hydrogen (secondary N) is 1. The number of ether oxygens (including phenoxy) is 1. The Bertz CT molecular complexity index is 508. The minimum absolute atomic E-state index is 0.233. The van der Waals surface area contributed by atoms with Gasteiger partial charge in [0.2, 0.25) is 0 Å². The topological polar surface area (TPSA) is 21.3 Å². The Morgan fingerprint density at radius 3 is 1.95 bits per heavy atom. The molecule has 0 saturated heterocycles. The molecule has 0 fully saturated rings. The predicted molar refractivity (Wildman–Crippen MR) is 98.3 cm³/mol. The Morgan fingerprint density at radius 1 is 0.909 bits per heavy atom. The average Bonchev–Trinajstić information content (AvgIpc) is 2.53. The molecule has 2 aromatic rings. The summed E-state index contributed by atoms with van der Waals surface area (Å²) in [5.74, 6) is 1.72. The summed E-state index contributed by atoms with van der Waals surface area (Å²) in [5.41, 5.74) is 2.36. The zero-order valence-electron chi connectivity index (χ0n) is 13.9. The van der Waals surface area contributed by atoms with Gasteiger partial charge in [0.05, 0.1) is 0 Å². The van der Waals surface area contributed by atoms with E-state index >= 15 is 0 Å². The SMILES string of the molecule is CC(C)C.C[C@H](NS)c1ccc(OCc2ccccc2)cc1. The summed E-state index contributed by atoms with van der Waals surface area (Å²) in [6, 6.07) is 18.5. The highest BCUT2D eigenvalue weighted by Crippen LogP contribution is 2.18. The summed E-state index contributed by atoms with van der Waals surface area (Å²) in [7, 11) is 0. The van der Waals surface area contributed by atoms with Crippen molar-refractivity contribution in [3.8, 4) is 5.75 Å². The van der Waals surface area contributed by atoms with E-state index in [2.05, 4.69) is 57.4 Å². The lowest BCUT2D eigenvalue weighted by molar-refractivity contribution is 0.306. The van der Waals surface area contributed by atoms with E-state index in [-0.39, 0.29) is 6.04 Å². The van der Waals surface area contributed by atoms with Gasteiger partial charge < -0.3 is 4.74 Å². The van der Waals surface area contributed by atoms with Gasteiger partial charge in [-0.3, -0.25) is 4.72 Å². The maximum atomic E-state index is 5.72. The fraction of sp³-hybridized carbons (Fsp3) is 0.368. The van der Waals surface area contributed by atoms with Crippen LogP contribution in [-0.4, -0.2) is 0 Å². The number of thiol groups is 1. The zero-order valence-corrected chi connectivity index (χ0v) is 14.8. The van der Waals surface area contributed by atoms with Gasteiger partial charge in [0.15, 0.2) is 0 Å². The first-order valence-corrected chi connectivity index (χ1v) is 8.14. The molecule has 0 amide bonds. The molecule has 0 aliphatic heterocycles. The van der Waals surface area contributed by atoms with Gasteiger partial charge in [-0.1, -0.05) is 76.1 Å². The van der Waals surface area contributed by atoms with E-state index in [1.807, 2.05) is 42.5 Å². The Labute approximate surface area is 140 Å². The lowest BCUT2D eigenvalue weighted by Crippen LogP contribution is -2.06. The maximum absolute atomic E-state index is 5.72. The number of hydrogen-bond acceptors (Lipinski definition) is 3. The molecular weight excluding hydrogens is 290 g/mol.